The van der Waals surface area contributed by atoms with Gasteiger partial charge in [-0.2, -0.15) is 5.10 Å². The molecule has 0 saturated heterocycles. The molecule has 22 heavy (non-hydrogen) atoms. The molecule has 0 spiro atoms. The van der Waals surface area contributed by atoms with Crippen molar-refractivity contribution in [1.82, 2.24) is 19.7 Å². The molecule has 2 aromatic carbocycles. The molecule has 0 saturated carbocycles. The molecular weight excluding hydrogens is 292 g/mol. The summed E-state index contributed by atoms with van der Waals surface area (Å²) in [6.07, 6.45) is 3.44. The summed E-state index contributed by atoms with van der Waals surface area (Å²) in [5, 5.41) is 8.82. The molecule has 0 radical (unpaired) electrons. The number of aromatic nitrogens is 4. The van der Waals surface area contributed by atoms with Crippen molar-refractivity contribution in [1.29, 1.82) is 0 Å². The van der Waals surface area contributed by atoms with Gasteiger partial charge in [-0.1, -0.05) is 42.5 Å². The van der Waals surface area contributed by atoms with E-state index in [2.05, 4.69) is 57.5 Å². The Balaban J connectivity index is 1.69. The normalized spacial score (nSPS) is 11.3. The standard InChI is InChI=1S/C17H14N4S/c1-21-16-15(9-20-21)17(19-11-18-16)22-10-13-7-4-6-12-5-2-3-8-14(12)13/h2-9,11H,10H2,1H3. The molecule has 4 aromatic rings. The Kier molecular flexibility index (Phi) is 3.27. The first-order valence-corrected chi connectivity index (χ1v) is 8.03. The lowest BCUT2D eigenvalue weighted by Gasteiger charge is -2.06. The lowest BCUT2D eigenvalue weighted by Crippen LogP contribution is -1.93. The number of hydrogen-bond acceptors (Lipinski definition) is 4. The predicted molar refractivity (Wildman–Crippen MR) is 89.8 cm³/mol. The zero-order valence-electron chi connectivity index (χ0n) is 12.1. The minimum absolute atomic E-state index is 0.871. The van der Waals surface area contributed by atoms with Crippen LogP contribution >= 0.6 is 11.8 Å². The second-order valence-electron chi connectivity index (χ2n) is 5.11. The van der Waals surface area contributed by atoms with Crippen LogP contribution in [0.5, 0.6) is 0 Å². The quantitative estimate of drug-likeness (QED) is 0.426. The van der Waals surface area contributed by atoms with Crippen LogP contribution in [0.3, 0.4) is 0 Å². The Bertz CT molecular complexity index is 956. The zero-order chi connectivity index (χ0) is 14.9. The van der Waals surface area contributed by atoms with Crippen molar-refractivity contribution in [3.63, 3.8) is 0 Å². The Morgan fingerprint density at radius 1 is 1.00 bits per heavy atom. The first-order chi connectivity index (χ1) is 10.8. The topological polar surface area (TPSA) is 43.6 Å². The van der Waals surface area contributed by atoms with Crippen LogP contribution in [0.1, 0.15) is 5.56 Å². The summed E-state index contributed by atoms with van der Waals surface area (Å²) >= 11 is 1.73. The molecule has 0 unspecified atom stereocenters. The number of benzene rings is 2. The Labute approximate surface area is 132 Å². The monoisotopic (exact) mass is 306 g/mol. The fourth-order valence-electron chi connectivity index (χ4n) is 2.62. The van der Waals surface area contributed by atoms with Gasteiger partial charge in [0.2, 0.25) is 0 Å². The molecule has 0 atom stereocenters. The van der Waals surface area contributed by atoms with E-state index < -0.39 is 0 Å². The summed E-state index contributed by atoms with van der Waals surface area (Å²) in [6.45, 7) is 0. The maximum Gasteiger partial charge on any atom is 0.162 e. The third kappa shape index (κ3) is 2.23. The van der Waals surface area contributed by atoms with Gasteiger partial charge < -0.3 is 0 Å². The van der Waals surface area contributed by atoms with Crippen LogP contribution in [0.4, 0.5) is 0 Å². The van der Waals surface area contributed by atoms with Gasteiger partial charge in [0, 0.05) is 12.8 Å². The highest BCUT2D eigenvalue weighted by atomic mass is 32.2. The first-order valence-electron chi connectivity index (χ1n) is 7.05. The van der Waals surface area contributed by atoms with E-state index in [4.69, 9.17) is 0 Å². The summed E-state index contributed by atoms with van der Waals surface area (Å²) in [6, 6.07) is 14.9. The van der Waals surface area contributed by atoms with Gasteiger partial charge in [0.25, 0.3) is 0 Å². The van der Waals surface area contributed by atoms with Gasteiger partial charge in [-0.15, -0.1) is 11.8 Å². The van der Waals surface area contributed by atoms with Crippen molar-refractivity contribution in [3.05, 3.63) is 60.6 Å². The summed E-state index contributed by atoms with van der Waals surface area (Å²) in [5.41, 5.74) is 2.19. The molecule has 0 aliphatic heterocycles. The second kappa shape index (κ2) is 5.42. The summed E-state index contributed by atoms with van der Waals surface area (Å²) in [7, 11) is 1.90. The number of hydrogen-bond donors (Lipinski definition) is 0. The highest BCUT2D eigenvalue weighted by molar-refractivity contribution is 7.98. The Morgan fingerprint density at radius 3 is 2.82 bits per heavy atom. The average molecular weight is 306 g/mol. The van der Waals surface area contributed by atoms with Crippen molar-refractivity contribution in [3.8, 4) is 0 Å². The molecule has 0 aliphatic rings. The second-order valence-corrected chi connectivity index (χ2v) is 6.08. The molecule has 0 fully saturated rings. The minimum atomic E-state index is 0.871. The van der Waals surface area contributed by atoms with Gasteiger partial charge in [-0.05, 0) is 16.3 Å². The lowest BCUT2D eigenvalue weighted by atomic mass is 10.1. The molecule has 4 nitrogen and oxygen atoms in total. The van der Waals surface area contributed by atoms with Gasteiger partial charge in [0.15, 0.2) is 5.65 Å². The first kappa shape index (κ1) is 13.3. The van der Waals surface area contributed by atoms with Crippen LogP contribution in [0, 0.1) is 0 Å². The fourth-order valence-corrected chi connectivity index (χ4v) is 3.59. The number of fused-ring (bicyclic) bond motifs is 2. The molecule has 0 amide bonds. The fraction of sp³-hybridized carbons (Fsp3) is 0.118. The van der Waals surface area contributed by atoms with Crippen molar-refractivity contribution >= 4 is 33.6 Å². The van der Waals surface area contributed by atoms with Crippen LogP contribution in [0.15, 0.2) is 60.0 Å². The summed E-state index contributed by atoms with van der Waals surface area (Å²) in [5.74, 6) is 0.877. The van der Waals surface area contributed by atoms with Crippen molar-refractivity contribution < 1.29 is 0 Å². The third-order valence-corrected chi connectivity index (χ3v) is 4.79. The lowest BCUT2D eigenvalue weighted by molar-refractivity contribution is 0.784. The largest absolute Gasteiger partial charge is 0.250 e. The van der Waals surface area contributed by atoms with Gasteiger partial charge >= 0.3 is 0 Å². The number of thioether (sulfide) groups is 1. The summed E-state index contributed by atoms with van der Waals surface area (Å²) < 4.78 is 1.78. The van der Waals surface area contributed by atoms with Gasteiger partial charge in [0.05, 0.1) is 11.6 Å². The molecule has 2 heterocycles. The molecule has 0 N–H and O–H groups in total. The van der Waals surface area contributed by atoms with Crippen LogP contribution in [-0.4, -0.2) is 19.7 Å². The average Bonchev–Trinajstić information content (AvgIpc) is 2.95. The molecule has 5 heteroatoms. The molecule has 108 valence electrons. The van der Waals surface area contributed by atoms with Gasteiger partial charge in [-0.3, -0.25) is 4.68 Å². The predicted octanol–water partition coefficient (Wildman–Crippen LogP) is 3.81. The van der Waals surface area contributed by atoms with E-state index in [1.807, 2.05) is 13.2 Å². The molecule has 4 rings (SSSR count). The van der Waals surface area contributed by atoms with Crippen LogP contribution in [0.2, 0.25) is 0 Å². The van der Waals surface area contributed by atoms with Crippen molar-refractivity contribution in [2.24, 2.45) is 7.05 Å². The van der Waals surface area contributed by atoms with E-state index in [1.165, 1.54) is 16.3 Å². The third-order valence-electron chi connectivity index (χ3n) is 3.74. The number of nitrogens with zero attached hydrogens (tertiary/aromatic N) is 4. The number of aryl methyl sites for hydroxylation is 1. The molecule has 2 aromatic heterocycles. The molecule has 0 bridgehead atoms. The van der Waals surface area contributed by atoms with E-state index in [-0.39, 0.29) is 0 Å². The van der Waals surface area contributed by atoms with E-state index in [1.54, 1.807) is 22.8 Å². The smallest absolute Gasteiger partial charge is 0.162 e. The molecule has 0 aliphatic carbocycles. The van der Waals surface area contributed by atoms with Crippen LogP contribution in [0.25, 0.3) is 21.8 Å². The number of rotatable bonds is 3. The van der Waals surface area contributed by atoms with Crippen LogP contribution in [-0.2, 0) is 12.8 Å². The van der Waals surface area contributed by atoms with E-state index in [9.17, 15) is 0 Å². The maximum atomic E-state index is 4.41. The maximum absolute atomic E-state index is 4.41. The zero-order valence-corrected chi connectivity index (χ0v) is 12.9. The van der Waals surface area contributed by atoms with Gasteiger partial charge in [-0.25, -0.2) is 9.97 Å². The van der Waals surface area contributed by atoms with Crippen LogP contribution < -0.4 is 0 Å². The highest BCUT2D eigenvalue weighted by Crippen LogP contribution is 2.29. The van der Waals surface area contributed by atoms with Gasteiger partial charge in [0.1, 0.15) is 11.4 Å². The minimum Gasteiger partial charge on any atom is -0.250 e. The SMILES string of the molecule is Cn1ncc2c(SCc3cccc4ccccc34)ncnc21. The Morgan fingerprint density at radius 2 is 1.86 bits per heavy atom. The Hall–Kier alpha value is -2.40. The summed E-state index contributed by atoms with van der Waals surface area (Å²) in [4.78, 5) is 8.70. The van der Waals surface area contributed by atoms with Crippen molar-refractivity contribution in [2.75, 3.05) is 0 Å². The highest BCUT2D eigenvalue weighted by Gasteiger charge is 2.09. The van der Waals surface area contributed by atoms with E-state index in [0.717, 1.165) is 21.8 Å². The van der Waals surface area contributed by atoms with E-state index in [0.29, 0.717) is 0 Å². The molecular formula is C17H14N4S. The van der Waals surface area contributed by atoms with Crippen molar-refractivity contribution in [2.45, 2.75) is 10.8 Å². The van der Waals surface area contributed by atoms with E-state index >= 15 is 0 Å².